The van der Waals surface area contributed by atoms with Gasteiger partial charge < -0.3 is 20.4 Å². The lowest BCUT2D eigenvalue weighted by molar-refractivity contribution is -0.153. The molecule has 2 aliphatic heterocycles. The van der Waals surface area contributed by atoms with Crippen molar-refractivity contribution < 1.29 is 14.0 Å². The molecule has 2 fully saturated rings. The van der Waals surface area contributed by atoms with Gasteiger partial charge in [0.25, 0.3) is 5.91 Å². The summed E-state index contributed by atoms with van der Waals surface area (Å²) in [6.07, 6.45) is 3.93. The molecule has 39 heavy (non-hydrogen) atoms. The molecule has 0 unspecified atom stereocenters. The van der Waals surface area contributed by atoms with Crippen molar-refractivity contribution >= 4 is 29.4 Å². The summed E-state index contributed by atoms with van der Waals surface area (Å²) in [4.78, 5) is 43.3. The number of halogens is 1. The molecule has 6 heterocycles. The molecule has 4 aromatic rings. The highest BCUT2D eigenvalue weighted by Gasteiger charge is 2.56. The van der Waals surface area contributed by atoms with Crippen molar-refractivity contribution in [2.75, 3.05) is 29.9 Å². The summed E-state index contributed by atoms with van der Waals surface area (Å²) < 4.78 is 14.6. The number of amides is 2. The van der Waals surface area contributed by atoms with Gasteiger partial charge in [0.1, 0.15) is 12.4 Å². The number of rotatable bonds is 6. The average Bonchev–Trinajstić information content (AvgIpc) is 3.50. The molecule has 0 bridgehead atoms. The third-order valence-corrected chi connectivity index (χ3v) is 6.88. The zero-order valence-corrected chi connectivity index (χ0v) is 21.5. The normalized spacial score (nSPS) is 17.2. The van der Waals surface area contributed by atoms with Crippen molar-refractivity contribution in [3.8, 4) is 5.82 Å². The Morgan fingerprint density at radius 2 is 1.92 bits per heavy atom. The van der Waals surface area contributed by atoms with Crippen LogP contribution in [0.1, 0.15) is 29.9 Å². The van der Waals surface area contributed by atoms with Crippen LogP contribution in [-0.2, 0) is 9.59 Å². The zero-order valence-electron chi connectivity index (χ0n) is 21.5. The van der Waals surface area contributed by atoms with E-state index in [2.05, 4.69) is 40.9 Å². The Bertz CT molecular complexity index is 1560. The van der Waals surface area contributed by atoms with Crippen LogP contribution < -0.4 is 15.5 Å². The fourth-order valence-electron chi connectivity index (χ4n) is 4.89. The van der Waals surface area contributed by atoms with Gasteiger partial charge in [0, 0.05) is 29.7 Å². The number of carbonyl (C=O) groups is 2. The van der Waals surface area contributed by atoms with Gasteiger partial charge in [-0.15, -0.1) is 0 Å². The highest BCUT2D eigenvalue weighted by Crippen LogP contribution is 2.33. The van der Waals surface area contributed by atoms with Gasteiger partial charge in [-0.1, -0.05) is 6.07 Å². The lowest BCUT2D eigenvalue weighted by Crippen LogP contribution is -2.80. The van der Waals surface area contributed by atoms with Gasteiger partial charge in [-0.3, -0.25) is 14.7 Å². The highest BCUT2D eigenvalue weighted by molar-refractivity contribution is 6.00. The second kappa shape index (κ2) is 9.15. The minimum absolute atomic E-state index is 0.0635. The summed E-state index contributed by atoms with van der Waals surface area (Å²) in [5.74, 6) is 1.23. The quantitative estimate of drug-likeness (QED) is 0.337. The Balaban J connectivity index is 1.17. The summed E-state index contributed by atoms with van der Waals surface area (Å²) in [6, 6.07) is 6.75. The first-order valence-electron chi connectivity index (χ1n) is 12.4. The number of nitrogens with one attached hydrogen (secondary N) is 3. The van der Waals surface area contributed by atoms with E-state index in [9.17, 15) is 14.0 Å². The molecule has 0 aromatic carbocycles. The fourth-order valence-corrected chi connectivity index (χ4v) is 4.89. The Hall–Kier alpha value is -4.88. The molecule has 3 N–H and O–H groups in total. The van der Waals surface area contributed by atoms with Crippen LogP contribution in [0.15, 0.2) is 42.9 Å². The second-order valence-electron chi connectivity index (χ2n) is 9.90. The number of carbonyl (C=O) groups excluding carboxylic acids is 2. The predicted octanol–water partition coefficient (Wildman–Crippen LogP) is 1.56. The van der Waals surface area contributed by atoms with E-state index in [1.807, 2.05) is 37.8 Å². The van der Waals surface area contributed by atoms with E-state index < -0.39 is 17.4 Å². The van der Waals surface area contributed by atoms with Gasteiger partial charge >= 0.3 is 0 Å². The van der Waals surface area contributed by atoms with Crippen molar-refractivity contribution in [1.82, 2.24) is 45.1 Å². The standard InChI is InChI=1S/C25H26FN11O2/c1-14-6-19(30-20-7-15(2)33-34-20)31-24(29-14)35-12-25(13-35)23(39)36(11-22(38)32-25)16(3)17-4-5-21(27-8-17)37-10-18(26)9-28-37/h4-10,16H,11-13H2,1-3H3,(H,32,38)(H2,29,30,31,33,34)/t16-/m0/s1. The summed E-state index contributed by atoms with van der Waals surface area (Å²) >= 11 is 0. The maximum absolute atomic E-state index is 13.7. The van der Waals surface area contributed by atoms with Crippen LogP contribution in [0.4, 0.5) is 22.0 Å². The molecule has 14 heteroatoms. The van der Waals surface area contributed by atoms with E-state index in [1.165, 1.54) is 10.9 Å². The molecule has 2 amide bonds. The van der Waals surface area contributed by atoms with E-state index in [4.69, 9.17) is 0 Å². The number of aryl methyl sites for hydroxylation is 2. The van der Waals surface area contributed by atoms with Gasteiger partial charge in [0.2, 0.25) is 11.9 Å². The van der Waals surface area contributed by atoms with Crippen molar-refractivity contribution in [1.29, 1.82) is 0 Å². The summed E-state index contributed by atoms with van der Waals surface area (Å²) in [7, 11) is 0. The van der Waals surface area contributed by atoms with Gasteiger partial charge in [-0.25, -0.2) is 19.0 Å². The Kier molecular flexibility index (Phi) is 5.74. The SMILES string of the molecule is Cc1cc(Nc2cc(C)[nH]n2)nc(N2CC3(C2)NC(=O)CN([C@@H](C)c2ccc(-n4cc(F)cn4)nc2)C3=O)n1. The molecule has 4 aromatic heterocycles. The smallest absolute Gasteiger partial charge is 0.253 e. The maximum Gasteiger partial charge on any atom is 0.253 e. The third-order valence-electron chi connectivity index (χ3n) is 6.88. The number of aromatic amines is 1. The van der Waals surface area contributed by atoms with Crippen molar-refractivity contribution in [2.45, 2.75) is 32.4 Å². The van der Waals surface area contributed by atoms with Gasteiger partial charge in [-0.05, 0) is 32.4 Å². The molecule has 1 spiro atoms. The largest absolute Gasteiger partial charge is 0.337 e. The molecule has 6 rings (SSSR count). The first-order valence-corrected chi connectivity index (χ1v) is 12.4. The van der Waals surface area contributed by atoms with Gasteiger partial charge in [0.05, 0.1) is 31.5 Å². The number of nitrogens with zero attached hydrogens (tertiary/aromatic N) is 8. The fraction of sp³-hybridized carbons (Fsp3) is 0.320. The second-order valence-corrected chi connectivity index (χ2v) is 9.90. The molecule has 0 saturated carbocycles. The number of piperazine rings is 1. The van der Waals surface area contributed by atoms with Gasteiger partial charge in [0.15, 0.2) is 23.0 Å². The van der Waals surface area contributed by atoms with Crippen LogP contribution >= 0.6 is 0 Å². The molecule has 200 valence electrons. The van der Waals surface area contributed by atoms with E-state index in [0.717, 1.165) is 23.1 Å². The molecule has 13 nitrogen and oxygen atoms in total. The van der Waals surface area contributed by atoms with Crippen LogP contribution in [0.5, 0.6) is 0 Å². The molecule has 1 atom stereocenters. The Morgan fingerprint density at radius 3 is 2.59 bits per heavy atom. The van der Waals surface area contributed by atoms with E-state index in [1.54, 1.807) is 23.2 Å². The number of hydrogen-bond acceptors (Lipinski definition) is 9. The molecular formula is C25H26FN11O2. The van der Waals surface area contributed by atoms with E-state index in [-0.39, 0.29) is 31.4 Å². The number of anilines is 3. The monoisotopic (exact) mass is 531 g/mol. The van der Waals surface area contributed by atoms with Crippen molar-refractivity contribution in [3.05, 3.63) is 65.6 Å². The number of H-pyrrole nitrogens is 1. The Morgan fingerprint density at radius 1 is 1.10 bits per heavy atom. The number of pyridine rings is 1. The zero-order chi connectivity index (χ0) is 27.3. The van der Waals surface area contributed by atoms with Crippen LogP contribution in [0.2, 0.25) is 0 Å². The van der Waals surface area contributed by atoms with Crippen molar-refractivity contribution in [3.63, 3.8) is 0 Å². The molecular weight excluding hydrogens is 505 g/mol. The van der Waals surface area contributed by atoms with Crippen LogP contribution in [0.3, 0.4) is 0 Å². The first kappa shape index (κ1) is 24.5. The van der Waals surface area contributed by atoms with Crippen LogP contribution in [0, 0.1) is 19.7 Å². The molecule has 2 aliphatic rings. The first-order chi connectivity index (χ1) is 18.7. The summed E-state index contributed by atoms with van der Waals surface area (Å²) in [6.45, 7) is 6.04. The minimum Gasteiger partial charge on any atom is -0.337 e. The maximum atomic E-state index is 13.7. The van der Waals surface area contributed by atoms with Crippen LogP contribution in [0.25, 0.3) is 5.82 Å². The summed E-state index contributed by atoms with van der Waals surface area (Å²) in [5.41, 5.74) is 1.34. The lowest BCUT2D eigenvalue weighted by Gasteiger charge is -2.53. The van der Waals surface area contributed by atoms with Crippen LogP contribution in [-0.4, -0.2) is 76.8 Å². The third kappa shape index (κ3) is 4.53. The molecule has 0 radical (unpaired) electrons. The minimum atomic E-state index is -1.07. The lowest BCUT2D eigenvalue weighted by atomic mass is 9.85. The van der Waals surface area contributed by atoms with Gasteiger partial charge in [-0.2, -0.15) is 15.2 Å². The number of aromatic nitrogens is 7. The molecule has 2 saturated heterocycles. The van der Waals surface area contributed by atoms with E-state index in [0.29, 0.717) is 23.4 Å². The average molecular weight is 532 g/mol. The summed E-state index contributed by atoms with van der Waals surface area (Å²) in [5, 5.41) is 17.0. The molecule has 0 aliphatic carbocycles. The highest BCUT2D eigenvalue weighted by atomic mass is 19.1. The predicted molar refractivity (Wildman–Crippen MR) is 138 cm³/mol. The van der Waals surface area contributed by atoms with Crippen molar-refractivity contribution in [2.24, 2.45) is 0 Å². The Labute approximate surface area is 222 Å². The number of hydrogen-bond donors (Lipinski definition) is 3. The van der Waals surface area contributed by atoms with E-state index >= 15 is 0 Å². The topological polar surface area (TPSA) is 150 Å².